The SMILES string of the molecule is Cc1nc2ccc(CNC(=O)C3CCC3)cc2o1. The molecule has 0 atom stereocenters. The van der Waals surface area contributed by atoms with Crippen LogP contribution in [0.25, 0.3) is 11.1 Å². The molecule has 1 aromatic carbocycles. The average molecular weight is 244 g/mol. The Hall–Kier alpha value is -1.84. The summed E-state index contributed by atoms with van der Waals surface area (Å²) in [5.41, 5.74) is 2.69. The van der Waals surface area contributed by atoms with Gasteiger partial charge in [0.1, 0.15) is 5.52 Å². The lowest BCUT2D eigenvalue weighted by Crippen LogP contribution is -2.33. The van der Waals surface area contributed by atoms with Crippen LogP contribution in [0.2, 0.25) is 0 Å². The standard InChI is InChI=1S/C14H16N2O2/c1-9-16-12-6-5-10(7-13(12)18-9)8-15-14(17)11-3-2-4-11/h5-7,11H,2-4,8H2,1H3,(H,15,17). The van der Waals surface area contributed by atoms with Crippen molar-refractivity contribution in [2.75, 3.05) is 0 Å². The highest BCUT2D eigenvalue weighted by Crippen LogP contribution is 2.26. The van der Waals surface area contributed by atoms with E-state index in [4.69, 9.17) is 4.42 Å². The fourth-order valence-corrected chi connectivity index (χ4v) is 2.20. The van der Waals surface area contributed by atoms with E-state index in [9.17, 15) is 4.79 Å². The number of benzene rings is 1. The van der Waals surface area contributed by atoms with Crippen molar-refractivity contribution in [3.63, 3.8) is 0 Å². The summed E-state index contributed by atoms with van der Waals surface area (Å²) in [7, 11) is 0. The van der Waals surface area contributed by atoms with E-state index in [0.717, 1.165) is 29.5 Å². The van der Waals surface area contributed by atoms with Gasteiger partial charge in [0, 0.05) is 19.4 Å². The van der Waals surface area contributed by atoms with Gasteiger partial charge in [-0.15, -0.1) is 0 Å². The van der Waals surface area contributed by atoms with Gasteiger partial charge in [0.25, 0.3) is 0 Å². The second-order valence-corrected chi connectivity index (χ2v) is 4.88. The molecule has 0 saturated heterocycles. The molecule has 18 heavy (non-hydrogen) atoms. The van der Waals surface area contributed by atoms with Gasteiger partial charge in [-0.25, -0.2) is 4.98 Å². The van der Waals surface area contributed by atoms with E-state index in [-0.39, 0.29) is 11.8 Å². The zero-order valence-corrected chi connectivity index (χ0v) is 10.4. The lowest BCUT2D eigenvalue weighted by Gasteiger charge is -2.24. The first-order chi connectivity index (χ1) is 8.72. The molecule has 4 nitrogen and oxygen atoms in total. The smallest absolute Gasteiger partial charge is 0.223 e. The molecule has 0 aliphatic heterocycles. The Labute approximate surface area is 105 Å². The molecule has 1 heterocycles. The minimum Gasteiger partial charge on any atom is -0.441 e. The summed E-state index contributed by atoms with van der Waals surface area (Å²) in [6.07, 6.45) is 3.25. The van der Waals surface area contributed by atoms with Crippen molar-refractivity contribution in [1.29, 1.82) is 0 Å². The molecular formula is C14H16N2O2. The molecule has 0 bridgehead atoms. The highest BCUT2D eigenvalue weighted by Gasteiger charge is 2.24. The van der Waals surface area contributed by atoms with Crippen LogP contribution in [0.3, 0.4) is 0 Å². The molecule has 3 rings (SSSR count). The second kappa shape index (κ2) is 4.44. The molecule has 2 aromatic rings. The summed E-state index contributed by atoms with van der Waals surface area (Å²) >= 11 is 0. The van der Waals surface area contributed by atoms with Gasteiger partial charge in [0.05, 0.1) is 0 Å². The van der Waals surface area contributed by atoms with Gasteiger partial charge in [-0.3, -0.25) is 4.79 Å². The third-order valence-electron chi connectivity index (χ3n) is 3.50. The number of hydrogen-bond donors (Lipinski definition) is 1. The Morgan fingerprint density at radius 2 is 2.33 bits per heavy atom. The Balaban J connectivity index is 1.68. The van der Waals surface area contributed by atoms with E-state index in [1.54, 1.807) is 0 Å². The van der Waals surface area contributed by atoms with Gasteiger partial charge in [0.2, 0.25) is 5.91 Å². The van der Waals surface area contributed by atoms with Gasteiger partial charge in [0.15, 0.2) is 11.5 Å². The van der Waals surface area contributed by atoms with E-state index in [1.165, 1.54) is 6.42 Å². The predicted molar refractivity (Wildman–Crippen MR) is 67.9 cm³/mol. The lowest BCUT2D eigenvalue weighted by molar-refractivity contribution is -0.127. The van der Waals surface area contributed by atoms with E-state index >= 15 is 0 Å². The first-order valence-corrected chi connectivity index (χ1v) is 6.36. The maximum Gasteiger partial charge on any atom is 0.223 e. The molecule has 0 unspecified atom stereocenters. The number of carbonyl (C=O) groups is 1. The van der Waals surface area contributed by atoms with Gasteiger partial charge < -0.3 is 9.73 Å². The zero-order chi connectivity index (χ0) is 12.5. The monoisotopic (exact) mass is 244 g/mol. The summed E-state index contributed by atoms with van der Waals surface area (Å²) in [6.45, 7) is 2.39. The first kappa shape index (κ1) is 11.3. The van der Waals surface area contributed by atoms with Crippen molar-refractivity contribution < 1.29 is 9.21 Å². The van der Waals surface area contributed by atoms with Crippen molar-refractivity contribution in [3.05, 3.63) is 29.7 Å². The molecule has 4 heteroatoms. The first-order valence-electron chi connectivity index (χ1n) is 6.36. The van der Waals surface area contributed by atoms with Crippen LogP contribution in [0.4, 0.5) is 0 Å². The topological polar surface area (TPSA) is 55.1 Å². The zero-order valence-electron chi connectivity index (χ0n) is 10.4. The Bertz CT molecular complexity index is 584. The van der Waals surface area contributed by atoms with Crippen LogP contribution in [-0.2, 0) is 11.3 Å². The molecular weight excluding hydrogens is 228 g/mol. The predicted octanol–water partition coefficient (Wildman–Crippen LogP) is 2.55. The Morgan fingerprint density at radius 1 is 1.50 bits per heavy atom. The van der Waals surface area contributed by atoms with Gasteiger partial charge in [-0.2, -0.15) is 0 Å². The molecule has 94 valence electrons. The van der Waals surface area contributed by atoms with Gasteiger partial charge in [-0.1, -0.05) is 12.5 Å². The van der Waals surface area contributed by atoms with E-state index in [1.807, 2.05) is 25.1 Å². The number of fused-ring (bicyclic) bond motifs is 1. The quantitative estimate of drug-likeness (QED) is 0.902. The van der Waals surface area contributed by atoms with Crippen LogP contribution in [0.1, 0.15) is 30.7 Å². The number of rotatable bonds is 3. The minimum atomic E-state index is 0.176. The fraction of sp³-hybridized carbons (Fsp3) is 0.429. The molecule has 1 amide bonds. The molecule has 1 aliphatic rings. The van der Waals surface area contributed by atoms with Gasteiger partial charge >= 0.3 is 0 Å². The van der Waals surface area contributed by atoms with Crippen molar-refractivity contribution in [3.8, 4) is 0 Å². The molecule has 1 aromatic heterocycles. The summed E-state index contributed by atoms with van der Waals surface area (Å²) in [5.74, 6) is 1.08. The van der Waals surface area contributed by atoms with Crippen molar-refractivity contribution in [2.45, 2.75) is 32.7 Å². The number of amides is 1. The van der Waals surface area contributed by atoms with Crippen LogP contribution < -0.4 is 5.32 Å². The molecule has 0 spiro atoms. The average Bonchev–Trinajstić information content (AvgIpc) is 2.63. The Kier molecular flexibility index (Phi) is 2.78. The number of oxazole rings is 1. The fourth-order valence-electron chi connectivity index (χ4n) is 2.20. The maximum absolute atomic E-state index is 11.7. The van der Waals surface area contributed by atoms with E-state index in [0.29, 0.717) is 12.4 Å². The van der Waals surface area contributed by atoms with E-state index in [2.05, 4.69) is 10.3 Å². The Morgan fingerprint density at radius 3 is 3.06 bits per heavy atom. The second-order valence-electron chi connectivity index (χ2n) is 4.88. The van der Waals surface area contributed by atoms with Crippen molar-refractivity contribution >= 4 is 17.0 Å². The van der Waals surface area contributed by atoms with Crippen LogP contribution in [0.15, 0.2) is 22.6 Å². The molecule has 1 aliphatic carbocycles. The van der Waals surface area contributed by atoms with Crippen molar-refractivity contribution in [1.82, 2.24) is 10.3 Å². The third-order valence-corrected chi connectivity index (χ3v) is 3.50. The summed E-state index contributed by atoms with van der Waals surface area (Å²) in [4.78, 5) is 16.0. The van der Waals surface area contributed by atoms with E-state index < -0.39 is 0 Å². The molecule has 1 saturated carbocycles. The largest absolute Gasteiger partial charge is 0.441 e. The summed E-state index contributed by atoms with van der Waals surface area (Å²) < 4.78 is 5.47. The van der Waals surface area contributed by atoms with Crippen LogP contribution >= 0.6 is 0 Å². The molecule has 1 fully saturated rings. The minimum absolute atomic E-state index is 0.176. The summed E-state index contributed by atoms with van der Waals surface area (Å²) in [6, 6.07) is 5.85. The highest BCUT2D eigenvalue weighted by molar-refractivity contribution is 5.79. The van der Waals surface area contributed by atoms with Crippen LogP contribution in [0.5, 0.6) is 0 Å². The maximum atomic E-state index is 11.7. The normalized spacial score (nSPS) is 15.6. The van der Waals surface area contributed by atoms with Crippen LogP contribution in [-0.4, -0.2) is 10.9 Å². The summed E-state index contributed by atoms with van der Waals surface area (Å²) in [5, 5.41) is 2.97. The number of aryl methyl sites for hydroxylation is 1. The number of aromatic nitrogens is 1. The van der Waals surface area contributed by atoms with Gasteiger partial charge in [-0.05, 0) is 30.5 Å². The highest BCUT2D eigenvalue weighted by atomic mass is 16.3. The van der Waals surface area contributed by atoms with Crippen LogP contribution in [0, 0.1) is 12.8 Å². The number of nitrogens with zero attached hydrogens (tertiary/aromatic N) is 1. The molecule has 1 N–H and O–H groups in total. The lowest BCUT2D eigenvalue weighted by atomic mass is 9.85. The van der Waals surface area contributed by atoms with Crippen molar-refractivity contribution in [2.24, 2.45) is 5.92 Å². The molecule has 0 radical (unpaired) electrons. The number of hydrogen-bond acceptors (Lipinski definition) is 3. The number of nitrogens with one attached hydrogen (secondary N) is 1. The third kappa shape index (κ3) is 2.10. The number of carbonyl (C=O) groups excluding carboxylic acids is 1.